The van der Waals surface area contributed by atoms with Crippen molar-refractivity contribution in [1.29, 1.82) is 0 Å². The number of halogens is 1. The van der Waals surface area contributed by atoms with Gasteiger partial charge in [0, 0.05) is 0 Å². The van der Waals surface area contributed by atoms with E-state index in [1.165, 1.54) is 96.3 Å². The van der Waals surface area contributed by atoms with Crippen LogP contribution in [0.25, 0.3) is 0 Å². The van der Waals surface area contributed by atoms with Gasteiger partial charge in [0.25, 0.3) is 0 Å². The van der Waals surface area contributed by atoms with Crippen molar-refractivity contribution in [2.75, 3.05) is 14.1 Å². The minimum Gasteiger partial charge on any atom is -0.435 e. The summed E-state index contributed by atoms with van der Waals surface area (Å²) in [6.45, 7) is 6.52. The van der Waals surface area contributed by atoms with E-state index in [-0.39, 0.29) is 10.1 Å². The van der Waals surface area contributed by atoms with Crippen LogP contribution in [0.5, 0.6) is 0 Å². The number of hydrogen-bond acceptors (Lipinski definition) is 1. The molecule has 0 aliphatic carbocycles. The zero-order chi connectivity index (χ0) is 22.9. The van der Waals surface area contributed by atoms with E-state index in [9.17, 15) is 9.90 Å². The second-order valence-corrected chi connectivity index (χ2v) is 16.4. The lowest BCUT2D eigenvalue weighted by atomic mass is 10.0. The van der Waals surface area contributed by atoms with E-state index in [0.29, 0.717) is 0 Å². The van der Waals surface area contributed by atoms with Gasteiger partial charge in [0.2, 0.25) is 7.38 Å². The number of rotatable bonds is 20. The van der Waals surface area contributed by atoms with Crippen LogP contribution in [-0.4, -0.2) is 42.8 Å². The highest BCUT2D eigenvalue weighted by molar-refractivity contribution is 7.20. The molecule has 0 aliphatic rings. The van der Waals surface area contributed by atoms with Gasteiger partial charge in [0.1, 0.15) is 0 Å². The molecule has 0 rings (SSSR count). The normalized spacial score (nSPS) is 15.1. The molecule has 0 saturated carbocycles. The van der Waals surface area contributed by atoms with E-state index in [1.54, 1.807) is 14.1 Å². The van der Waals surface area contributed by atoms with Crippen molar-refractivity contribution in [3.63, 3.8) is 0 Å². The van der Waals surface area contributed by atoms with Gasteiger partial charge in [-0.25, -0.2) is 4.48 Å². The summed E-state index contributed by atoms with van der Waals surface area (Å²) in [7, 11) is 1.50. The lowest BCUT2D eigenvalue weighted by Crippen LogP contribution is -2.62. The van der Waals surface area contributed by atoms with Crippen molar-refractivity contribution in [2.45, 2.75) is 141 Å². The Morgan fingerprint density at radius 2 is 1.10 bits per heavy atom. The summed E-state index contributed by atoms with van der Waals surface area (Å²) in [6, 6.07) is 1.03. The van der Waals surface area contributed by atoms with Crippen LogP contribution in [0.3, 0.4) is 0 Å². The van der Waals surface area contributed by atoms with Gasteiger partial charge >= 0.3 is 6.09 Å². The Morgan fingerprint density at radius 1 is 0.767 bits per heavy atom. The summed E-state index contributed by atoms with van der Waals surface area (Å²) in [6.07, 6.45) is 22.0. The Hall–Kier alpha value is -0.0631. The summed E-state index contributed by atoms with van der Waals surface area (Å²) in [5.74, 6) is 0. The number of quaternary nitrogens is 1. The molecule has 0 fully saturated rings. The van der Waals surface area contributed by atoms with Crippen LogP contribution in [-0.2, 0) is 0 Å². The minimum atomic E-state index is -2.07. The second kappa shape index (κ2) is 17.5. The van der Waals surface area contributed by atoms with Gasteiger partial charge in [-0.1, -0.05) is 123 Å². The first kappa shape index (κ1) is 29.9. The molecule has 30 heavy (non-hydrogen) atoms. The Balaban J connectivity index is 3.66. The van der Waals surface area contributed by atoms with E-state index >= 15 is 0 Å². The molecule has 0 aromatic carbocycles. The third-order valence-electron chi connectivity index (χ3n) is 6.87. The number of amides is 1. The maximum atomic E-state index is 11.6. The van der Waals surface area contributed by atoms with Crippen molar-refractivity contribution >= 4 is 24.6 Å². The molecule has 1 N–H and O–H groups in total. The van der Waals surface area contributed by atoms with E-state index < -0.39 is 13.5 Å². The Morgan fingerprint density at radius 3 is 1.40 bits per heavy atom. The van der Waals surface area contributed by atoms with Crippen molar-refractivity contribution in [1.82, 2.24) is 0 Å². The molecule has 2 atom stereocenters. The number of carboxylic acid groups (broad SMARTS) is 1. The van der Waals surface area contributed by atoms with Gasteiger partial charge in [-0.05, 0) is 12.5 Å². The van der Waals surface area contributed by atoms with Gasteiger partial charge in [-0.15, -0.1) is 0 Å². The Bertz CT molecular complexity index is 429. The average Bonchev–Trinajstić information content (AvgIpc) is 2.67. The fraction of sp³-hybridized carbons (Fsp3) is 0.960. The summed E-state index contributed by atoms with van der Waals surface area (Å²) in [4.78, 5) is 11.6. The molecule has 5 heteroatoms. The van der Waals surface area contributed by atoms with Crippen LogP contribution in [0.4, 0.5) is 4.79 Å². The average molecular weight is 463 g/mol. The second-order valence-electron chi connectivity index (χ2n) is 10.1. The number of hydrogen-bond donors (Lipinski definition) is 1. The standard InChI is InChI=1S/C25H52ClNO2Si/c1-6-8-9-10-11-12-13-14-15-16-17-18-19-20-21-22-23-30(5,26)24(7-2)27(3,4)25(28)29/h24H,6-23H2,1-5H3/p+1. The van der Waals surface area contributed by atoms with E-state index in [0.717, 1.165) is 18.9 Å². The van der Waals surface area contributed by atoms with Crippen molar-refractivity contribution < 1.29 is 14.4 Å². The van der Waals surface area contributed by atoms with Crippen LogP contribution in [0.15, 0.2) is 0 Å². The van der Waals surface area contributed by atoms with Crippen LogP contribution in [0, 0.1) is 0 Å². The van der Waals surface area contributed by atoms with Crippen molar-refractivity contribution in [3.8, 4) is 0 Å². The zero-order valence-corrected chi connectivity index (χ0v) is 22.7. The molecule has 0 aromatic heterocycles. The van der Waals surface area contributed by atoms with Gasteiger partial charge in [-0.3, -0.25) is 0 Å². The van der Waals surface area contributed by atoms with Crippen LogP contribution < -0.4 is 0 Å². The first-order valence-corrected chi connectivity index (χ1v) is 16.8. The van der Waals surface area contributed by atoms with Gasteiger partial charge < -0.3 is 5.11 Å². The highest BCUT2D eigenvalue weighted by atomic mass is 35.6. The minimum absolute atomic E-state index is 0.00157. The monoisotopic (exact) mass is 462 g/mol. The Labute approximate surface area is 194 Å². The van der Waals surface area contributed by atoms with Crippen molar-refractivity contribution in [2.24, 2.45) is 0 Å². The maximum absolute atomic E-state index is 11.6. The number of unbranched alkanes of at least 4 members (excludes halogenated alkanes) is 15. The first-order valence-electron chi connectivity index (χ1n) is 13.0. The summed E-state index contributed by atoms with van der Waals surface area (Å²) < 4.78 is 0.00157. The molecule has 2 unspecified atom stereocenters. The molecule has 0 aromatic rings. The zero-order valence-electron chi connectivity index (χ0n) is 21.0. The molecule has 180 valence electrons. The van der Waals surface area contributed by atoms with Crippen LogP contribution in [0.1, 0.15) is 123 Å². The SMILES string of the molecule is CCCCCCCCCCCCCCCCCC[Si](C)(Cl)C(CC)[N+](C)(C)C(=O)O. The highest BCUT2D eigenvalue weighted by Crippen LogP contribution is 2.31. The van der Waals surface area contributed by atoms with Gasteiger partial charge in [0.05, 0.1) is 19.8 Å². The molecular formula is C25H53ClNO2Si+. The number of nitrogens with zero attached hydrogens (tertiary/aromatic N) is 1. The Kier molecular flexibility index (Phi) is 17.5. The smallest absolute Gasteiger partial charge is 0.435 e. The van der Waals surface area contributed by atoms with E-state index in [2.05, 4.69) is 20.4 Å². The molecule has 1 amide bonds. The molecule has 0 saturated heterocycles. The third kappa shape index (κ3) is 13.4. The van der Waals surface area contributed by atoms with Gasteiger partial charge in [0.15, 0.2) is 0 Å². The molecule has 0 radical (unpaired) electrons. The largest absolute Gasteiger partial charge is 0.513 e. The third-order valence-corrected chi connectivity index (χ3v) is 12.0. The molecule has 0 spiro atoms. The number of carbonyl (C=O) groups is 1. The molecular weight excluding hydrogens is 410 g/mol. The fourth-order valence-electron chi connectivity index (χ4n) is 4.87. The quantitative estimate of drug-likeness (QED) is 0.0846. The lowest BCUT2D eigenvalue weighted by molar-refractivity contribution is -0.831. The molecule has 0 bridgehead atoms. The van der Waals surface area contributed by atoms with Crippen LogP contribution >= 0.6 is 11.1 Å². The predicted molar refractivity (Wildman–Crippen MR) is 136 cm³/mol. The molecule has 0 aliphatic heterocycles. The maximum Gasteiger partial charge on any atom is 0.513 e. The lowest BCUT2D eigenvalue weighted by Gasteiger charge is -2.39. The predicted octanol–water partition coefficient (Wildman–Crippen LogP) is 9.13. The molecule has 0 heterocycles. The first-order chi connectivity index (χ1) is 14.2. The van der Waals surface area contributed by atoms with Crippen LogP contribution in [0.2, 0.25) is 12.6 Å². The van der Waals surface area contributed by atoms with Gasteiger partial charge in [-0.2, -0.15) is 15.9 Å². The van der Waals surface area contributed by atoms with E-state index in [4.69, 9.17) is 11.1 Å². The fourth-order valence-corrected chi connectivity index (χ4v) is 10.1. The summed E-state index contributed by atoms with van der Waals surface area (Å²) in [5, 5.41) is 9.55. The summed E-state index contributed by atoms with van der Waals surface area (Å²) in [5.41, 5.74) is 0.0630. The highest BCUT2D eigenvalue weighted by Gasteiger charge is 2.48. The molecule has 3 nitrogen and oxygen atoms in total. The summed E-state index contributed by atoms with van der Waals surface area (Å²) >= 11 is 6.96. The topological polar surface area (TPSA) is 37.3 Å². The van der Waals surface area contributed by atoms with Crippen molar-refractivity contribution in [3.05, 3.63) is 0 Å². The van der Waals surface area contributed by atoms with E-state index in [1.807, 2.05) is 0 Å².